The first-order chi connectivity index (χ1) is 14.3. The van der Waals surface area contributed by atoms with Crippen molar-refractivity contribution < 1.29 is 29.0 Å². The molecule has 1 heterocycles. The highest BCUT2D eigenvalue weighted by Gasteiger charge is 2.33. The van der Waals surface area contributed by atoms with E-state index in [1.165, 1.54) is 24.1 Å². The molecule has 1 fully saturated rings. The average Bonchev–Trinajstić information content (AvgIpc) is 2.99. The van der Waals surface area contributed by atoms with Gasteiger partial charge in [-0.1, -0.05) is 35.9 Å². The van der Waals surface area contributed by atoms with Crippen molar-refractivity contribution >= 4 is 46.6 Å². The van der Waals surface area contributed by atoms with Crippen LogP contribution in [0.5, 0.6) is 11.5 Å². The summed E-state index contributed by atoms with van der Waals surface area (Å²) in [7, 11) is 1.46. The third-order valence-electron chi connectivity index (χ3n) is 4.31. The van der Waals surface area contributed by atoms with Crippen molar-refractivity contribution in [2.45, 2.75) is 13.5 Å². The van der Waals surface area contributed by atoms with E-state index < -0.39 is 5.97 Å². The number of methoxy groups -OCH3 is 1. The number of amides is 2. The summed E-state index contributed by atoms with van der Waals surface area (Å²) >= 11 is 7.24. The number of benzene rings is 2. The highest BCUT2D eigenvalue weighted by molar-refractivity contribution is 8.18. The number of hydrogen-bond donors (Lipinski definition) is 0. The zero-order chi connectivity index (χ0) is 21.8. The lowest BCUT2D eigenvalue weighted by molar-refractivity contribution is -0.255. The zero-order valence-corrected chi connectivity index (χ0v) is 17.7. The van der Waals surface area contributed by atoms with Crippen molar-refractivity contribution in [2.75, 3.05) is 13.7 Å². The number of aromatic carboxylic acids is 1. The van der Waals surface area contributed by atoms with Crippen molar-refractivity contribution in [3.63, 3.8) is 0 Å². The zero-order valence-electron chi connectivity index (χ0n) is 16.1. The van der Waals surface area contributed by atoms with Crippen LogP contribution in [0.4, 0.5) is 4.79 Å². The molecule has 0 bridgehead atoms. The van der Waals surface area contributed by atoms with Crippen LogP contribution in [0.2, 0.25) is 5.02 Å². The van der Waals surface area contributed by atoms with Crippen LogP contribution in [0.1, 0.15) is 28.4 Å². The van der Waals surface area contributed by atoms with E-state index in [2.05, 4.69) is 0 Å². The van der Waals surface area contributed by atoms with Crippen LogP contribution >= 0.6 is 23.4 Å². The fourth-order valence-corrected chi connectivity index (χ4v) is 3.96. The summed E-state index contributed by atoms with van der Waals surface area (Å²) in [5.41, 5.74) is 1.39. The van der Waals surface area contributed by atoms with E-state index in [1.807, 2.05) is 0 Å². The molecule has 2 aromatic carbocycles. The summed E-state index contributed by atoms with van der Waals surface area (Å²) in [6.07, 6.45) is 1.58. The quantitative estimate of drug-likeness (QED) is 0.601. The molecule has 0 spiro atoms. The minimum atomic E-state index is -1.25. The number of carboxylic acids is 1. The van der Waals surface area contributed by atoms with Gasteiger partial charge in [0, 0.05) is 6.54 Å². The summed E-state index contributed by atoms with van der Waals surface area (Å²) in [5.74, 6) is -0.931. The SMILES string of the molecule is CCN1C(=O)S/C(=C/c2cc(Cl)c(OCc3ccc(C(=O)[O-])cc3)c(OC)c2)C1=O. The van der Waals surface area contributed by atoms with Gasteiger partial charge in [0.05, 0.1) is 23.0 Å². The minimum Gasteiger partial charge on any atom is -0.545 e. The van der Waals surface area contributed by atoms with E-state index in [0.717, 1.165) is 17.3 Å². The molecule has 1 aliphatic rings. The Labute approximate surface area is 182 Å². The average molecular weight is 447 g/mol. The Morgan fingerprint density at radius 2 is 1.93 bits per heavy atom. The van der Waals surface area contributed by atoms with Crippen molar-refractivity contribution in [2.24, 2.45) is 0 Å². The van der Waals surface area contributed by atoms with Crippen LogP contribution in [0.15, 0.2) is 41.3 Å². The lowest BCUT2D eigenvalue weighted by atomic mass is 10.1. The molecule has 0 N–H and O–H groups in total. The molecular formula is C21H17ClNO6S-. The van der Waals surface area contributed by atoms with Crippen LogP contribution in [0, 0.1) is 0 Å². The molecule has 9 heteroatoms. The van der Waals surface area contributed by atoms with Gasteiger partial charge in [-0.2, -0.15) is 0 Å². The first-order valence-corrected chi connectivity index (χ1v) is 10.1. The monoisotopic (exact) mass is 446 g/mol. The molecule has 0 atom stereocenters. The second kappa shape index (κ2) is 9.23. The van der Waals surface area contributed by atoms with Gasteiger partial charge in [0.1, 0.15) is 6.61 Å². The van der Waals surface area contributed by atoms with E-state index in [0.29, 0.717) is 28.5 Å². The number of imide groups is 1. The number of likely N-dealkylation sites (N-methyl/N-ethyl adjacent to an activating group) is 1. The minimum absolute atomic E-state index is 0.0752. The molecule has 0 radical (unpaired) electrons. The van der Waals surface area contributed by atoms with Crippen LogP contribution in [0.3, 0.4) is 0 Å². The number of carbonyl (C=O) groups excluding carboxylic acids is 3. The van der Waals surface area contributed by atoms with Gasteiger partial charge in [-0.15, -0.1) is 0 Å². The first-order valence-electron chi connectivity index (χ1n) is 8.90. The molecule has 1 aliphatic heterocycles. The predicted octanol–water partition coefficient (Wildman–Crippen LogP) is 3.35. The van der Waals surface area contributed by atoms with Gasteiger partial charge >= 0.3 is 0 Å². The van der Waals surface area contributed by atoms with Gasteiger partial charge in [-0.3, -0.25) is 14.5 Å². The Hall–Kier alpha value is -2.97. The number of hydrogen-bond acceptors (Lipinski definition) is 7. The third-order valence-corrected chi connectivity index (χ3v) is 5.50. The molecule has 3 rings (SSSR count). The van der Waals surface area contributed by atoms with E-state index >= 15 is 0 Å². The molecule has 0 aliphatic carbocycles. The smallest absolute Gasteiger partial charge is 0.293 e. The Balaban J connectivity index is 1.81. The van der Waals surface area contributed by atoms with Gasteiger partial charge in [-0.05, 0) is 53.6 Å². The highest BCUT2D eigenvalue weighted by Crippen LogP contribution is 2.39. The fraction of sp³-hybridized carbons (Fsp3) is 0.190. The molecule has 30 heavy (non-hydrogen) atoms. The Kier molecular flexibility index (Phi) is 6.69. The Morgan fingerprint density at radius 1 is 1.23 bits per heavy atom. The molecule has 0 aromatic heterocycles. The van der Waals surface area contributed by atoms with Gasteiger partial charge in [0.2, 0.25) is 0 Å². The second-order valence-electron chi connectivity index (χ2n) is 6.23. The standard InChI is InChI=1S/C21H18ClNO6S/c1-3-23-19(24)17(30-21(23)27)10-13-8-15(22)18(16(9-13)28-2)29-11-12-4-6-14(7-5-12)20(25)26/h4-10H,3,11H2,1-2H3,(H,25,26)/p-1/b17-10+. The van der Waals surface area contributed by atoms with E-state index in [4.69, 9.17) is 21.1 Å². The Bertz CT molecular complexity index is 1030. The van der Waals surface area contributed by atoms with Crippen molar-refractivity contribution in [3.8, 4) is 11.5 Å². The van der Waals surface area contributed by atoms with Gasteiger partial charge in [0.25, 0.3) is 11.1 Å². The number of rotatable bonds is 7. The number of nitrogens with zero attached hydrogens (tertiary/aromatic N) is 1. The van der Waals surface area contributed by atoms with Crippen LogP contribution in [-0.4, -0.2) is 35.7 Å². The van der Waals surface area contributed by atoms with Crippen molar-refractivity contribution in [3.05, 3.63) is 63.0 Å². The molecular weight excluding hydrogens is 430 g/mol. The summed E-state index contributed by atoms with van der Waals surface area (Å²) < 4.78 is 11.1. The number of ether oxygens (including phenoxy) is 2. The van der Waals surface area contributed by atoms with E-state index in [9.17, 15) is 19.5 Å². The maximum atomic E-state index is 12.3. The van der Waals surface area contributed by atoms with Crippen LogP contribution in [0.25, 0.3) is 6.08 Å². The topological polar surface area (TPSA) is 96.0 Å². The summed E-state index contributed by atoms with van der Waals surface area (Å²) in [5, 5.41) is 10.8. The largest absolute Gasteiger partial charge is 0.545 e. The highest BCUT2D eigenvalue weighted by atomic mass is 35.5. The summed E-state index contributed by atoms with van der Waals surface area (Å²) in [6, 6.07) is 9.35. The number of carboxylic acid groups (broad SMARTS) is 1. The molecule has 2 amide bonds. The lowest BCUT2D eigenvalue weighted by Gasteiger charge is -2.14. The normalized spacial score (nSPS) is 15.0. The maximum Gasteiger partial charge on any atom is 0.293 e. The fourth-order valence-electron chi connectivity index (χ4n) is 2.78. The number of halogens is 1. The lowest BCUT2D eigenvalue weighted by Crippen LogP contribution is -2.27. The predicted molar refractivity (Wildman–Crippen MR) is 111 cm³/mol. The first kappa shape index (κ1) is 21.7. The molecule has 0 saturated carbocycles. The van der Waals surface area contributed by atoms with E-state index in [1.54, 1.807) is 37.3 Å². The summed E-state index contributed by atoms with van der Waals surface area (Å²) in [6.45, 7) is 2.18. The maximum absolute atomic E-state index is 12.3. The molecule has 7 nitrogen and oxygen atoms in total. The van der Waals surface area contributed by atoms with E-state index in [-0.39, 0.29) is 28.3 Å². The van der Waals surface area contributed by atoms with Crippen molar-refractivity contribution in [1.29, 1.82) is 0 Å². The van der Waals surface area contributed by atoms with Gasteiger partial charge in [0.15, 0.2) is 11.5 Å². The molecule has 0 unspecified atom stereocenters. The number of thioether (sulfide) groups is 1. The third kappa shape index (κ3) is 4.60. The summed E-state index contributed by atoms with van der Waals surface area (Å²) in [4.78, 5) is 36.4. The number of carbonyl (C=O) groups is 3. The molecule has 2 aromatic rings. The van der Waals surface area contributed by atoms with Gasteiger partial charge in [-0.25, -0.2) is 0 Å². The van der Waals surface area contributed by atoms with Crippen LogP contribution in [-0.2, 0) is 11.4 Å². The molecule has 156 valence electrons. The Morgan fingerprint density at radius 3 is 2.50 bits per heavy atom. The van der Waals surface area contributed by atoms with Crippen LogP contribution < -0.4 is 14.6 Å². The van der Waals surface area contributed by atoms with Crippen molar-refractivity contribution in [1.82, 2.24) is 4.90 Å². The molecule has 1 saturated heterocycles. The van der Waals surface area contributed by atoms with Gasteiger partial charge < -0.3 is 19.4 Å². The second-order valence-corrected chi connectivity index (χ2v) is 7.63.